The highest BCUT2D eigenvalue weighted by atomic mass is 16.5. The van der Waals surface area contributed by atoms with Gasteiger partial charge in [-0.15, -0.1) is 0 Å². The Labute approximate surface area is 127 Å². The van der Waals surface area contributed by atoms with E-state index in [1.807, 2.05) is 25.1 Å². The lowest BCUT2D eigenvalue weighted by atomic mass is 9.93. The number of hydrogen-bond acceptors (Lipinski definition) is 3. The minimum Gasteiger partial charge on any atom is -0.493 e. The first-order valence-corrected chi connectivity index (χ1v) is 7.80. The molecule has 2 atom stereocenters. The van der Waals surface area contributed by atoms with Gasteiger partial charge in [-0.05, 0) is 30.9 Å². The third kappa shape index (κ3) is 4.46. The summed E-state index contributed by atoms with van der Waals surface area (Å²) in [5.74, 6) is 1.94. The Hall–Kier alpha value is -1.55. The van der Waals surface area contributed by atoms with E-state index in [1.54, 1.807) is 0 Å². The van der Waals surface area contributed by atoms with Crippen LogP contribution in [0.5, 0.6) is 5.75 Å². The number of ether oxygens (including phenoxy) is 1. The second-order valence-corrected chi connectivity index (χ2v) is 6.14. The van der Waals surface area contributed by atoms with Gasteiger partial charge in [0.1, 0.15) is 5.75 Å². The Morgan fingerprint density at radius 1 is 1.33 bits per heavy atom. The third-order valence-corrected chi connectivity index (χ3v) is 3.83. The first kappa shape index (κ1) is 15.8. The van der Waals surface area contributed by atoms with Crippen LogP contribution in [0.25, 0.3) is 0 Å². The lowest BCUT2D eigenvalue weighted by molar-refractivity contribution is -0.122. The minimum absolute atomic E-state index is 0.0732. The van der Waals surface area contributed by atoms with Gasteiger partial charge in [0.05, 0.1) is 12.6 Å². The Balaban J connectivity index is 1.85. The van der Waals surface area contributed by atoms with Crippen LogP contribution in [0.3, 0.4) is 0 Å². The molecule has 21 heavy (non-hydrogen) atoms. The Morgan fingerprint density at radius 3 is 2.86 bits per heavy atom. The molecule has 2 rings (SSSR count). The van der Waals surface area contributed by atoms with E-state index in [9.17, 15) is 4.79 Å². The molecule has 0 aliphatic carbocycles. The maximum absolute atomic E-state index is 12.0. The Kier molecular flexibility index (Phi) is 5.62. The molecule has 0 bridgehead atoms. The molecule has 1 amide bonds. The second kappa shape index (κ2) is 7.46. The molecule has 1 aliphatic rings. The lowest BCUT2D eigenvalue weighted by Crippen LogP contribution is -2.44. The van der Waals surface area contributed by atoms with Crippen molar-refractivity contribution in [3.63, 3.8) is 0 Å². The molecule has 1 heterocycles. The van der Waals surface area contributed by atoms with Crippen molar-refractivity contribution in [2.45, 2.75) is 39.2 Å². The summed E-state index contributed by atoms with van der Waals surface area (Å²) in [6.45, 7) is 8.38. The summed E-state index contributed by atoms with van der Waals surface area (Å²) in [5.41, 5.74) is 1.24. The fraction of sp³-hybridized carbons (Fsp3) is 0.588. The molecule has 0 radical (unpaired) electrons. The molecule has 1 aliphatic heterocycles. The van der Waals surface area contributed by atoms with Crippen LogP contribution in [0.2, 0.25) is 0 Å². The van der Waals surface area contributed by atoms with Gasteiger partial charge in [-0.25, -0.2) is 0 Å². The summed E-state index contributed by atoms with van der Waals surface area (Å²) < 4.78 is 5.67. The van der Waals surface area contributed by atoms with E-state index in [-0.39, 0.29) is 11.9 Å². The van der Waals surface area contributed by atoms with Gasteiger partial charge in [-0.2, -0.15) is 0 Å². The fourth-order valence-corrected chi connectivity index (χ4v) is 2.50. The Bertz CT molecular complexity index is 474. The maximum Gasteiger partial charge on any atom is 0.236 e. The van der Waals surface area contributed by atoms with Crippen molar-refractivity contribution in [3.05, 3.63) is 29.8 Å². The minimum atomic E-state index is -0.168. The van der Waals surface area contributed by atoms with Gasteiger partial charge < -0.3 is 15.4 Å². The smallest absolute Gasteiger partial charge is 0.236 e. The second-order valence-electron chi connectivity index (χ2n) is 6.14. The SMILES string of the molecule is CC(C)CNC(=O)C(C)NCC1CCOc2ccccc21. The Morgan fingerprint density at radius 2 is 2.10 bits per heavy atom. The average Bonchev–Trinajstić information content (AvgIpc) is 2.50. The quantitative estimate of drug-likeness (QED) is 0.845. The van der Waals surface area contributed by atoms with Crippen LogP contribution >= 0.6 is 0 Å². The van der Waals surface area contributed by atoms with Gasteiger partial charge in [0, 0.05) is 19.0 Å². The maximum atomic E-state index is 12.0. The number of hydrogen-bond donors (Lipinski definition) is 2. The van der Waals surface area contributed by atoms with Crippen LogP contribution in [0.1, 0.15) is 38.7 Å². The van der Waals surface area contributed by atoms with Crippen LogP contribution in [0.15, 0.2) is 24.3 Å². The van der Waals surface area contributed by atoms with Gasteiger partial charge in [-0.1, -0.05) is 32.0 Å². The highest BCUT2D eigenvalue weighted by Gasteiger charge is 2.22. The van der Waals surface area contributed by atoms with Crippen molar-refractivity contribution in [1.29, 1.82) is 0 Å². The molecule has 116 valence electrons. The summed E-state index contributed by atoms with van der Waals surface area (Å²) in [5, 5.41) is 6.31. The van der Waals surface area contributed by atoms with Gasteiger partial charge in [0.15, 0.2) is 0 Å². The van der Waals surface area contributed by atoms with Crippen molar-refractivity contribution < 1.29 is 9.53 Å². The number of carbonyl (C=O) groups is 1. The number of amides is 1. The summed E-state index contributed by atoms with van der Waals surface area (Å²) in [6.07, 6.45) is 0.990. The molecule has 1 aromatic carbocycles. The van der Waals surface area contributed by atoms with E-state index < -0.39 is 0 Å². The van der Waals surface area contributed by atoms with Crippen LogP contribution < -0.4 is 15.4 Å². The zero-order valence-corrected chi connectivity index (χ0v) is 13.2. The zero-order chi connectivity index (χ0) is 15.2. The van der Waals surface area contributed by atoms with Crippen molar-refractivity contribution in [2.24, 2.45) is 5.92 Å². The van der Waals surface area contributed by atoms with Crippen molar-refractivity contribution in [2.75, 3.05) is 19.7 Å². The summed E-state index contributed by atoms with van der Waals surface area (Å²) in [4.78, 5) is 12.0. The lowest BCUT2D eigenvalue weighted by Gasteiger charge is -2.27. The molecule has 0 saturated heterocycles. The number of rotatable bonds is 6. The monoisotopic (exact) mass is 290 g/mol. The average molecular weight is 290 g/mol. The first-order valence-electron chi connectivity index (χ1n) is 7.80. The largest absolute Gasteiger partial charge is 0.493 e. The normalized spacial score (nSPS) is 18.8. The number of benzene rings is 1. The fourth-order valence-electron chi connectivity index (χ4n) is 2.50. The van der Waals surface area contributed by atoms with Crippen LogP contribution in [-0.2, 0) is 4.79 Å². The van der Waals surface area contributed by atoms with Crippen molar-refractivity contribution in [1.82, 2.24) is 10.6 Å². The van der Waals surface area contributed by atoms with E-state index in [4.69, 9.17) is 4.74 Å². The molecule has 4 nitrogen and oxygen atoms in total. The predicted octanol–water partition coefficient (Wildman–Crippen LogP) is 2.30. The molecule has 4 heteroatoms. The first-order chi connectivity index (χ1) is 10.1. The van der Waals surface area contributed by atoms with Gasteiger partial charge in [-0.3, -0.25) is 4.79 Å². The van der Waals surface area contributed by atoms with E-state index >= 15 is 0 Å². The van der Waals surface area contributed by atoms with E-state index in [1.165, 1.54) is 5.56 Å². The molecule has 2 N–H and O–H groups in total. The summed E-state index contributed by atoms with van der Waals surface area (Å²) in [7, 11) is 0. The van der Waals surface area contributed by atoms with E-state index in [0.29, 0.717) is 11.8 Å². The van der Waals surface area contributed by atoms with Crippen LogP contribution in [-0.4, -0.2) is 31.6 Å². The summed E-state index contributed by atoms with van der Waals surface area (Å²) in [6, 6.07) is 8.00. The highest BCUT2D eigenvalue weighted by Crippen LogP contribution is 2.32. The van der Waals surface area contributed by atoms with Crippen molar-refractivity contribution in [3.8, 4) is 5.75 Å². The zero-order valence-electron chi connectivity index (χ0n) is 13.2. The van der Waals surface area contributed by atoms with Crippen LogP contribution in [0, 0.1) is 5.92 Å². The van der Waals surface area contributed by atoms with Gasteiger partial charge >= 0.3 is 0 Å². The molecular weight excluding hydrogens is 264 g/mol. The topological polar surface area (TPSA) is 50.4 Å². The number of carbonyl (C=O) groups excluding carboxylic acids is 1. The predicted molar refractivity (Wildman–Crippen MR) is 84.6 cm³/mol. The molecule has 0 aromatic heterocycles. The van der Waals surface area contributed by atoms with Gasteiger partial charge in [0.2, 0.25) is 5.91 Å². The number of nitrogens with one attached hydrogen (secondary N) is 2. The molecule has 1 aromatic rings. The molecule has 0 fully saturated rings. The van der Waals surface area contributed by atoms with E-state index in [0.717, 1.165) is 31.9 Å². The van der Waals surface area contributed by atoms with E-state index in [2.05, 4.69) is 30.5 Å². The molecule has 0 spiro atoms. The van der Waals surface area contributed by atoms with Crippen molar-refractivity contribution >= 4 is 5.91 Å². The number of fused-ring (bicyclic) bond motifs is 1. The molecule has 2 unspecified atom stereocenters. The molecule has 0 saturated carbocycles. The molecular formula is C17H26N2O2. The highest BCUT2D eigenvalue weighted by molar-refractivity contribution is 5.81. The number of para-hydroxylation sites is 1. The third-order valence-electron chi connectivity index (χ3n) is 3.83. The summed E-state index contributed by atoms with van der Waals surface area (Å²) >= 11 is 0. The standard InChI is InChI=1S/C17H26N2O2/c1-12(2)10-19-17(20)13(3)18-11-14-8-9-21-16-7-5-4-6-15(14)16/h4-7,12-14,18H,8-11H2,1-3H3,(H,19,20). The van der Waals surface area contributed by atoms with Crippen LogP contribution in [0.4, 0.5) is 0 Å². The van der Waals surface area contributed by atoms with Gasteiger partial charge in [0.25, 0.3) is 0 Å².